The average molecular weight is 349 g/mol. The molecule has 146 valence electrons. The van der Waals surface area contributed by atoms with Gasteiger partial charge in [-0.3, -0.25) is 0 Å². The number of unbranched alkanes of at least 4 members (excludes halogenated alkanes) is 3. The lowest BCUT2D eigenvalue weighted by molar-refractivity contribution is 0.207. The number of hydrogen-bond donors (Lipinski definition) is 1. The van der Waals surface area contributed by atoms with Gasteiger partial charge in [0.15, 0.2) is 0 Å². The third-order valence-corrected chi connectivity index (χ3v) is 4.98. The van der Waals surface area contributed by atoms with Gasteiger partial charge in [-0.05, 0) is 63.7 Å². The number of aliphatic hydroxyl groups is 1. The molecule has 1 aliphatic carbocycles. The van der Waals surface area contributed by atoms with E-state index in [0.29, 0.717) is 5.92 Å². The SMILES string of the molecule is C=C(C)CCC/C=C\C[C@H]1CCCC1/C=C/[C@@H](O)CCCCC.CC. The van der Waals surface area contributed by atoms with Gasteiger partial charge in [0.2, 0.25) is 0 Å². The van der Waals surface area contributed by atoms with E-state index < -0.39 is 0 Å². The zero-order valence-corrected chi connectivity index (χ0v) is 17.5. The topological polar surface area (TPSA) is 20.2 Å². The van der Waals surface area contributed by atoms with Crippen molar-refractivity contribution in [3.63, 3.8) is 0 Å². The molecule has 1 fully saturated rings. The lowest BCUT2D eigenvalue weighted by atomic mass is 9.91. The fraction of sp³-hybridized carbons (Fsp3) is 0.750. The Kier molecular flexibility index (Phi) is 16.1. The summed E-state index contributed by atoms with van der Waals surface area (Å²) < 4.78 is 0. The monoisotopic (exact) mass is 348 g/mol. The normalized spacial score (nSPS) is 21.5. The van der Waals surface area contributed by atoms with Crippen LogP contribution in [0.1, 0.15) is 98.3 Å². The van der Waals surface area contributed by atoms with Crippen molar-refractivity contribution >= 4 is 0 Å². The van der Waals surface area contributed by atoms with E-state index in [1.54, 1.807) is 0 Å². The first kappa shape index (κ1) is 24.2. The Labute approximate surface area is 158 Å². The molecular weight excluding hydrogens is 304 g/mol. The Balaban J connectivity index is 0.00000277. The molecule has 1 unspecified atom stereocenters. The summed E-state index contributed by atoms with van der Waals surface area (Å²) in [6, 6.07) is 0. The average Bonchev–Trinajstić information content (AvgIpc) is 3.05. The minimum Gasteiger partial charge on any atom is -0.389 e. The molecule has 1 nitrogen and oxygen atoms in total. The zero-order chi connectivity index (χ0) is 18.9. The second-order valence-corrected chi connectivity index (χ2v) is 7.36. The van der Waals surface area contributed by atoms with Crippen LogP contribution in [0.4, 0.5) is 0 Å². The molecule has 25 heavy (non-hydrogen) atoms. The van der Waals surface area contributed by atoms with E-state index in [-0.39, 0.29) is 6.10 Å². The smallest absolute Gasteiger partial charge is 0.0721 e. The summed E-state index contributed by atoms with van der Waals surface area (Å²) in [6.07, 6.45) is 22.1. The van der Waals surface area contributed by atoms with Crippen molar-refractivity contribution in [3.05, 3.63) is 36.5 Å². The summed E-state index contributed by atoms with van der Waals surface area (Å²) in [5.41, 5.74) is 1.29. The fourth-order valence-electron chi connectivity index (χ4n) is 3.49. The summed E-state index contributed by atoms with van der Waals surface area (Å²) in [5.74, 6) is 1.46. The number of hydrogen-bond acceptors (Lipinski definition) is 1. The summed E-state index contributed by atoms with van der Waals surface area (Å²) in [7, 11) is 0. The summed E-state index contributed by atoms with van der Waals surface area (Å²) in [6.45, 7) is 12.3. The first-order valence-corrected chi connectivity index (χ1v) is 10.8. The molecule has 1 saturated carbocycles. The van der Waals surface area contributed by atoms with Crippen LogP contribution < -0.4 is 0 Å². The minimum atomic E-state index is -0.236. The number of rotatable bonds is 12. The molecular formula is C24H44O. The molecule has 1 aliphatic rings. The van der Waals surface area contributed by atoms with E-state index in [4.69, 9.17) is 0 Å². The molecule has 3 atom stereocenters. The standard InChI is InChI=1S/C22H38O.C2H6/c1-4-5-8-16-22(23)18-17-21-15-11-14-20(21)13-10-7-6-9-12-19(2)3;1-2/h7,10,17-18,20-23H,2,4-6,8-9,11-16H2,1,3H3;1-2H3/b10-7-,18-17+;/t20-,21?,22-;/m0./s1. The van der Waals surface area contributed by atoms with Crippen molar-refractivity contribution in [1.29, 1.82) is 0 Å². The van der Waals surface area contributed by atoms with Crippen LogP contribution in [-0.2, 0) is 0 Å². The fourth-order valence-corrected chi connectivity index (χ4v) is 3.49. The van der Waals surface area contributed by atoms with Gasteiger partial charge in [-0.1, -0.05) is 76.3 Å². The maximum Gasteiger partial charge on any atom is 0.0721 e. The van der Waals surface area contributed by atoms with Crippen molar-refractivity contribution in [2.24, 2.45) is 11.8 Å². The van der Waals surface area contributed by atoms with E-state index >= 15 is 0 Å². The van der Waals surface area contributed by atoms with Crippen LogP contribution >= 0.6 is 0 Å². The van der Waals surface area contributed by atoms with Crippen molar-refractivity contribution in [2.75, 3.05) is 0 Å². The Morgan fingerprint density at radius 1 is 1.16 bits per heavy atom. The number of allylic oxidation sites excluding steroid dienone is 4. The van der Waals surface area contributed by atoms with Crippen molar-refractivity contribution in [1.82, 2.24) is 0 Å². The second-order valence-electron chi connectivity index (χ2n) is 7.36. The van der Waals surface area contributed by atoms with Gasteiger partial charge in [0, 0.05) is 0 Å². The zero-order valence-electron chi connectivity index (χ0n) is 17.5. The van der Waals surface area contributed by atoms with Crippen molar-refractivity contribution in [3.8, 4) is 0 Å². The largest absolute Gasteiger partial charge is 0.389 e. The third-order valence-electron chi connectivity index (χ3n) is 4.98. The highest BCUT2D eigenvalue weighted by atomic mass is 16.3. The first-order chi connectivity index (χ1) is 12.1. The van der Waals surface area contributed by atoms with E-state index in [0.717, 1.165) is 25.2 Å². The van der Waals surface area contributed by atoms with Gasteiger partial charge >= 0.3 is 0 Å². The van der Waals surface area contributed by atoms with Gasteiger partial charge < -0.3 is 5.11 Å². The highest BCUT2D eigenvalue weighted by molar-refractivity contribution is 5.00. The lowest BCUT2D eigenvalue weighted by Crippen LogP contribution is -2.07. The Bertz CT molecular complexity index is 366. The molecule has 0 aromatic heterocycles. The predicted molar refractivity (Wildman–Crippen MR) is 114 cm³/mol. The lowest BCUT2D eigenvalue weighted by Gasteiger charge is -2.15. The maximum absolute atomic E-state index is 10.0. The van der Waals surface area contributed by atoms with Gasteiger partial charge in [0.25, 0.3) is 0 Å². The molecule has 0 bridgehead atoms. The molecule has 1 N–H and O–H groups in total. The van der Waals surface area contributed by atoms with Crippen LogP contribution in [0.3, 0.4) is 0 Å². The molecule has 1 heteroatoms. The van der Waals surface area contributed by atoms with Crippen LogP contribution in [0.2, 0.25) is 0 Å². The van der Waals surface area contributed by atoms with Crippen LogP contribution in [-0.4, -0.2) is 11.2 Å². The molecule has 0 saturated heterocycles. The van der Waals surface area contributed by atoms with E-state index in [9.17, 15) is 5.11 Å². The Morgan fingerprint density at radius 2 is 1.92 bits per heavy atom. The molecule has 0 aliphatic heterocycles. The van der Waals surface area contributed by atoms with E-state index in [1.807, 2.05) is 13.8 Å². The molecule has 1 rings (SSSR count). The maximum atomic E-state index is 10.0. The molecule has 0 aromatic rings. The Hall–Kier alpha value is -0.820. The summed E-state index contributed by atoms with van der Waals surface area (Å²) >= 11 is 0. The molecule has 0 spiro atoms. The van der Waals surface area contributed by atoms with Gasteiger partial charge in [0.1, 0.15) is 0 Å². The molecule has 0 aromatic carbocycles. The van der Waals surface area contributed by atoms with Crippen molar-refractivity contribution in [2.45, 2.75) is 104 Å². The first-order valence-electron chi connectivity index (χ1n) is 10.8. The number of aliphatic hydroxyl groups excluding tert-OH is 1. The van der Waals surface area contributed by atoms with Crippen LogP contribution in [0, 0.1) is 11.8 Å². The highest BCUT2D eigenvalue weighted by Gasteiger charge is 2.23. The highest BCUT2D eigenvalue weighted by Crippen LogP contribution is 2.35. The third kappa shape index (κ3) is 13.1. The van der Waals surface area contributed by atoms with Crippen LogP contribution in [0.15, 0.2) is 36.5 Å². The van der Waals surface area contributed by atoms with Gasteiger partial charge in [-0.25, -0.2) is 0 Å². The molecule has 0 radical (unpaired) electrons. The second kappa shape index (κ2) is 16.6. The van der Waals surface area contributed by atoms with Gasteiger partial charge in [-0.15, -0.1) is 6.58 Å². The summed E-state index contributed by atoms with van der Waals surface area (Å²) in [5, 5.41) is 10.0. The Morgan fingerprint density at radius 3 is 2.60 bits per heavy atom. The summed E-state index contributed by atoms with van der Waals surface area (Å²) in [4.78, 5) is 0. The van der Waals surface area contributed by atoms with Crippen LogP contribution in [0.25, 0.3) is 0 Å². The van der Waals surface area contributed by atoms with Crippen molar-refractivity contribution < 1.29 is 5.11 Å². The van der Waals surface area contributed by atoms with Gasteiger partial charge in [0.05, 0.1) is 6.10 Å². The van der Waals surface area contributed by atoms with Crippen LogP contribution in [0.5, 0.6) is 0 Å². The van der Waals surface area contributed by atoms with E-state index in [2.05, 4.69) is 44.7 Å². The minimum absolute atomic E-state index is 0.236. The van der Waals surface area contributed by atoms with Gasteiger partial charge in [-0.2, -0.15) is 0 Å². The molecule has 0 amide bonds. The van der Waals surface area contributed by atoms with E-state index in [1.165, 1.54) is 56.9 Å². The quantitative estimate of drug-likeness (QED) is 0.284. The molecule has 0 heterocycles. The predicted octanol–water partition coefficient (Wildman–Crippen LogP) is 7.62.